The Morgan fingerprint density at radius 1 is 0.906 bits per heavy atom. The SMILES string of the molecule is Cc1cc(C)cc(N(CN2C(=O)[C@@H]3[C@H]4C=C[C@@H]([C@@H]5C[C@H]45)[C@H]3C2=O)C(=O)c2ccccc2)c1. The van der Waals surface area contributed by atoms with Gasteiger partial charge in [-0.1, -0.05) is 36.4 Å². The van der Waals surface area contributed by atoms with Crippen molar-refractivity contribution in [2.75, 3.05) is 11.6 Å². The van der Waals surface area contributed by atoms with Gasteiger partial charge in [0.05, 0.1) is 11.8 Å². The van der Waals surface area contributed by atoms with Gasteiger partial charge in [-0.25, -0.2) is 0 Å². The third kappa shape index (κ3) is 2.80. The molecular weight excluding hydrogens is 400 g/mol. The predicted molar refractivity (Wildman–Crippen MR) is 121 cm³/mol. The van der Waals surface area contributed by atoms with E-state index in [-0.39, 0.29) is 48.1 Å². The molecule has 7 rings (SSSR count). The minimum Gasteiger partial charge on any atom is -0.290 e. The highest BCUT2D eigenvalue weighted by atomic mass is 16.2. The smallest absolute Gasteiger partial charge is 0.259 e. The van der Waals surface area contributed by atoms with E-state index in [0.717, 1.165) is 17.5 Å². The molecule has 6 atom stereocenters. The average Bonchev–Trinajstić information content (AvgIpc) is 3.57. The van der Waals surface area contributed by atoms with Gasteiger partial charge in [0.1, 0.15) is 6.67 Å². The van der Waals surface area contributed by atoms with Crippen LogP contribution < -0.4 is 4.90 Å². The van der Waals surface area contributed by atoms with Crippen LogP contribution in [-0.4, -0.2) is 29.3 Å². The second kappa shape index (κ2) is 6.89. The number of hydrogen-bond donors (Lipinski definition) is 0. The fraction of sp³-hybridized carbons (Fsp3) is 0.370. The van der Waals surface area contributed by atoms with Crippen LogP contribution in [0.2, 0.25) is 0 Å². The minimum atomic E-state index is -0.255. The number of likely N-dealkylation sites (tertiary alicyclic amines) is 1. The molecule has 1 heterocycles. The highest BCUT2D eigenvalue weighted by Gasteiger charge is 2.67. The third-order valence-corrected chi connectivity index (χ3v) is 7.82. The number of amides is 3. The summed E-state index contributed by atoms with van der Waals surface area (Å²) in [6.45, 7) is 3.92. The summed E-state index contributed by atoms with van der Waals surface area (Å²) < 4.78 is 0. The van der Waals surface area contributed by atoms with Crippen molar-refractivity contribution in [2.45, 2.75) is 20.3 Å². The molecule has 2 bridgehead atoms. The normalized spacial score (nSPS) is 31.5. The Kier molecular flexibility index (Phi) is 4.19. The molecule has 1 saturated heterocycles. The second-order valence-corrected chi connectivity index (χ2v) is 9.85. The zero-order chi connectivity index (χ0) is 22.1. The van der Waals surface area contributed by atoms with Crippen molar-refractivity contribution >= 4 is 23.4 Å². The van der Waals surface area contributed by atoms with Gasteiger partial charge in [0.25, 0.3) is 5.91 Å². The van der Waals surface area contributed by atoms with Gasteiger partial charge in [0, 0.05) is 11.3 Å². The molecule has 5 nitrogen and oxygen atoms in total. The molecule has 0 aromatic heterocycles. The van der Waals surface area contributed by atoms with E-state index in [1.807, 2.05) is 50.2 Å². The maximum absolute atomic E-state index is 13.5. The van der Waals surface area contributed by atoms with Crippen LogP contribution in [0.25, 0.3) is 0 Å². The zero-order valence-electron chi connectivity index (χ0n) is 18.3. The Balaban J connectivity index is 1.36. The number of imide groups is 1. The molecule has 5 aliphatic rings. The first-order valence-electron chi connectivity index (χ1n) is 11.4. The lowest BCUT2D eigenvalue weighted by Crippen LogP contribution is -2.45. The standard InChI is InChI=1S/C27H26N2O3/c1-15-10-16(2)12-18(11-15)28(25(30)17-6-4-3-5-7-17)14-29-26(31)23-19-8-9-20(22-13-21(19)22)24(23)27(29)32/h3-12,19-24H,13-14H2,1-2H3/t19-,20-,21-,22+,23+,24+/m0/s1. The van der Waals surface area contributed by atoms with Crippen molar-refractivity contribution in [2.24, 2.45) is 35.5 Å². The molecule has 2 aromatic rings. The fourth-order valence-electron chi connectivity index (χ4n) is 6.41. The molecule has 5 heteroatoms. The van der Waals surface area contributed by atoms with Gasteiger partial charge >= 0.3 is 0 Å². The lowest BCUT2D eigenvalue weighted by molar-refractivity contribution is -0.140. The number of carbonyl (C=O) groups is 3. The quantitative estimate of drug-likeness (QED) is 0.549. The molecule has 3 amide bonds. The van der Waals surface area contributed by atoms with Crippen LogP contribution in [0.1, 0.15) is 27.9 Å². The van der Waals surface area contributed by atoms with Crippen molar-refractivity contribution in [3.63, 3.8) is 0 Å². The lowest BCUT2D eigenvalue weighted by Gasteiger charge is -2.37. The molecule has 0 unspecified atom stereocenters. The summed E-state index contributed by atoms with van der Waals surface area (Å²) in [7, 11) is 0. The van der Waals surface area contributed by atoms with E-state index in [9.17, 15) is 14.4 Å². The second-order valence-electron chi connectivity index (χ2n) is 9.85. The number of allylic oxidation sites excluding steroid dienone is 2. The summed E-state index contributed by atoms with van der Waals surface area (Å²) in [6, 6.07) is 15.0. The summed E-state index contributed by atoms with van der Waals surface area (Å²) in [6.07, 6.45) is 5.48. The van der Waals surface area contributed by atoms with Crippen LogP contribution in [0.5, 0.6) is 0 Å². The fourth-order valence-corrected chi connectivity index (χ4v) is 6.41. The molecule has 0 spiro atoms. The Morgan fingerprint density at radius 3 is 2.03 bits per heavy atom. The summed E-state index contributed by atoms with van der Waals surface area (Å²) in [5.74, 6) is 0.527. The molecule has 1 aliphatic heterocycles. The first kappa shape index (κ1) is 19.5. The monoisotopic (exact) mass is 426 g/mol. The zero-order valence-corrected chi connectivity index (χ0v) is 18.3. The van der Waals surface area contributed by atoms with Crippen LogP contribution in [0.15, 0.2) is 60.7 Å². The van der Waals surface area contributed by atoms with E-state index < -0.39 is 0 Å². The van der Waals surface area contributed by atoms with Gasteiger partial charge in [-0.2, -0.15) is 0 Å². The molecule has 2 aromatic carbocycles. The van der Waals surface area contributed by atoms with Crippen molar-refractivity contribution in [1.29, 1.82) is 0 Å². The number of nitrogens with zero attached hydrogens (tertiary/aromatic N) is 2. The highest BCUT2D eigenvalue weighted by molar-refractivity contribution is 6.10. The van der Waals surface area contributed by atoms with E-state index in [0.29, 0.717) is 23.1 Å². The van der Waals surface area contributed by atoms with Gasteiger partial charge in [0.2, 0.25) is 11.8 Å². The molecule has 0 N–H and O–H groups in total. The molecule has 2 saturated carbocycles. The summed E-state index contributed by atoms with van der Waals surface area (Å²) in [5.41, 5.74) is 3.30. The minimum absolute atomic E-state index is 0.0456. The number of rotatable bonds is 4. The van der Waals surface area contributed by atoms with E-state index in [1.165, 1.54) is 4.90 Å². The van der Waals surface area contributed by atoms with Crippen molar-refractivity contribution in [1.82, 2.24) is 4.90 Å². The Labute approximate surface area is 187 Å². The molecular formula is C27H26N2O3. The van der Waals surface area contributed by atoms with Gasteiger partial charge in [-0.05, 0) is 79.3 Å². The van der Waals surface area contributed by atoms with Gasteiger partial charge < -0.3 is 0 Å². The molecule has 32 heavy (non-hydrogen) atoms. The van der Waals surface area contributed by atoms with Crippen LogP contribution in [0, 0.1) is 49.4 Å². The topological polar surface area (TPSA) is 57.7 Å². The Bertz CT molecular complexity index is 1110. The molecule has 162 valence electrons. The van der Waals surface area contributed by atoms with Crippen molar-refractivity contribution in [3.05, 3.63) is 77.4 Å². The summed E-state index contributed by atoms with van der Waals surface area (Å²) in [5, 5.41) is 0. The number of anilines is 1. The van der Waals surface area contributed by atoms with Crippen LogP contribution in [0.3, 0.4) is 0 Å². The predicted octanol–water partition coefficient (Wildman–Crippen LogP) is 3.96. The average molecular weight is 427 g/mol. The summed E-state index contributed by atoms with van der Waals surface area (Å²) in [4.78, 5) is 43.5. The van der Waals surface area contributed by atoms with Crippen LogP contribution in [0.4, 0.5) is 5.69 Å². The van der Waals surface area contributed by atoms with Gasteiger partial charge in [0.15, 0.2) is 0 Å². The number of benzene rings is 2. The lowest BCUT2D eigenvalue weighted by atomic mass is 9.63. The van der Waals surface area contributed by atoms with Crippen LogP contribution >= 0.6 is 0 Å². The molecule has 0 radical (unpaired) electrons. The number of carbonyl (C=O) groups excluding carboxylic acids is 3. The van der Waals surface area contributed by atoms with Gasteiger partial charge in [-0.3, -0.25) is 24.2 Å². The van der Waals surface area contributed by atoms with Crippen molar-refractivity contribution in [3.8, 4) is 0 Å². The van der Waals surface area contributed by atoms with E-state index in [2.05, 4.69) is 12.2 Å². The summed E-state index contributed by atoms with van der Waals surface area (Å²) >= 11 is 0. The maximum Gasteiger partial charge on any atom is 0.259 e. The Hall–Kier alpha value is -3.21. The first-order chi connectivity index (χ1) is 15.4. The van der Waals surface area contributed by atoms with E-state index >= 15 is 0 Å². The van der Waals surface area contributed by atoms with Gasteiger partial charge in [-0.15, -0.1) is 0 Å². The number of hydrogen-bond acceptors (Lipinski definition) is 3. The van der Waals surface area contributed by atoms with Crippen molar-refractivity contribution < 1.29 is 14.4 Å². The van der Waals surface area contributed by atoms with Crippen LogP contribution in [-0.2, 0) is 9.59 Å². The Morgan fingerprint density at radius 2 is 1.47 bits per heavy atom. The highest BCUT2D eigenvalue weighted by Crippen LogP contribution is 2.65. The van der Waals surface area contributed by atoms with E-state index in [4.69, 9.17) is 0 Å². The van der Waals surface area contributed by atoms with E-state index in [1.54, 1.807) is 17.0 Å². The maximum atomic E-state index is 13.5. The number of aryl methyl sites for hydroxylation is 2. The molecule has 4 aliphatic carbocycles. The first-order valence-corrected chi connectivity index (χ1v) is 11.4. The molecule has 3 fully saturated rings. The third-order valence-electron chi connectivity index (χ3n) is 7.82. The largest absolute Gasteiger partial charge is 0.290 e.